The maximum atomic E-state index is 12.5. The number of aromatic nitrogens is 1. The number of fused-ring (bicyclic) bond motifs is 1. The number of nitrogens with zero attached hydrogens (tertiary/aromatic N) is 1. The average Bonchev–Trinajstić information content (AvgIpc) is 2.83. The van der Waals surface area contributed by atoms with Crippen molar-refractivity contribution in [1.82, 2.24) is 4.57 Å². The maximum Gasteiger partial charge on any atom is 0.573 e. The van der Waals surface area contributed by atoms with Crippen LogP contribution in [0, 0.1) is 0 Å². The minimum Gasteiger partial charge on any atom is -0.404 e. The molecule has 3 nitrogen and oxygen atoms in total. The van der Waals surface area contributed by atoms with Crippen molar-refractivity contribution in [2.75, 3.05) is 0 Å². The van der Waals surface area contributed by atoms with E-state index in [9.17, 15) is 18.3 Å². The highest BCUT2D eigenvalue weighted by molar-refractivity contribution is 5.50. The van der Waals surface area contributed by atoms with E-state index in [1.54, 1.807) is 29.0 Å². The summed E-state index contributed by atoms with van der Waals surface area (Å²) in [5, 5.41) is 9.95. The van der Waals surface area contributed by atoms with E-state index in [1.807, 2.05) is 0 Å². The van der Waals surface area contributed by atoms with E-state index in [1.165, 1.54) is 12.1 Å². The molecule has 1 heterocycles. The molecule has 21 heavy (non-hydrogen) atoms. The maximum absolute atomic E-state index is 12.5. The van der Waals surface area contributed by atoms with E-state index >= 15 is 0 Å². The predicted molar refractivity (Wildman–Crippen MR) is 70.3 cm³/mol. The number of para-hydroxylation sites is 2. The van der Waals surface area contributed by atoms with Crippen LogP contribution in [0.3, 0.4) is 0 Å². The van der Waals surface area contributed by atoms with Gasteiger partial charge in [0.2, 0.25) is 0 Å². The number of ether oxygens (including phenoxy) is 1. The first-order valence-corrected chi connectivity index (χ1v) is 6.69. The van der Waals surface area contributed by atoms with Crippen LogP contribution in [0.2, 0.25) is 0 Å². The number of hydrogen-bond acceptors (Lipinski definition) is 2. The fourth-order valence-corrected chi connectivity index (χ4v) is 2.76. The van der Waals surface area contributed by atoms with Crippen molar-refractivity contribution >= 4 is 0 Å². The Labute approximate surface area is 119 Å². The molecule has 1 atom stereocenters. The van der Waals surface area contributed by atoms with Gasteiger partial charge < -0.3 is 14.4 Å². The molecule has 1 unspecified atom stereocenters. The van der Waals surface area contributed by atoms with Crippen LogP contribution in [0.25, 0.3) is 5.69 Å². The lowest BCUT2D eigenvalue weighted by Crippen LogP contribution is -2.19. The van der Waals surface area contributed by atoms with Crippen molar-refractivity contribution in [3.05, 3.63) is 47.8 Å². The van der Waals surface area contributed by atoms with Crippen LogP contribution in [0.4, 0.5) is 13.2 Å². The van der Waals surface area contributed by atoms with Gasteiger partial charge >= 0.3 is 6.36 Å². The zero-order valence-electron chi connectivity index (χ0n) is 11.1. The Balaban J connectivity index is 2.06. The van der Waals surface area contributed by atoms with Gasteiger partial charge in [0.15, 0.2) is 5.75 Å². The highest BCUT2D eigenvalue weighted by Crippen LogP contribution is 2.35. The van der Waals surface area contributed by atoms with Gasteiger partial charge in [-0.2, -0.15) is 0 Å². The van der Waals surface area contributed by atoms with E-state index in [0.717, 1.165) is 24.1 Å². The zero-order chi connectivity index (χ0) is 15.0. The smallest absolute Gasteiger partial charge is 0.404 e. The second-order valence-electron chi connectivity index (χ2n) is 5.01. The van der Waals surface area contributed by atoms with Crippen LogP contribution in [0.1, 0.15) is 30.2 Å². The Morgan fingerprint density at radius 3 is 2.71 bits per heavy atom. The first kappa shape index (κ1) is 14.0. The Kier molecular flexibility index (Phi) is 3.41. The molecule has 1 aliphatic carbocycles. The minimum atomic E-state index is -4.73. The molecule has 0 amide bonds. The zero-order valence-corrected chi connectivity index (χ0v) is 11.1. The molecule has 1 N–H and O–H groups in total. The molecule has 1 aromatic heterocycles. The third kappa shape index (κ3) is 2.76. The molecule has 112 valence electrons. The Hall–Kier alpha value is -1.95. The number of aliphatic hydroxyl groups is 1. The summed E-state index contributed by atoms with van der Waals surface area (Å²) in [6.07, 6.45) is -1.40. The minimum absolute atomic E-state index is 0.247. The van der Waals surface area contributed by atoms with Crippen molar-refractivity contribution in [2.45, 2.75) is 31.7 Å². The summed E-state index contributed by atoms with van der Waals surface area (Å²) in [4.78, 5) is 0. The molecule has 3 rings (SSSR count). The predicted octanol–water partition coefficient (Wildman–Crippen LogP) is 3.75. The van der Waals surface area contributed by atoms with Crippen molar-refractivity contribution in [1.29, 1.82) is 0 Å². The van der Waals surface area contributed by atoms with E-state index in [4.69, 9.17) is 0 Å². The van der Waals surface area contributed by atoms with Gasteiger partial charge in [0.25, 0.3) is 0 Å². The largest absolute Gasteiger partial charge is 0.573 e. The van der Waals surface area contributed by atoms with Gasteiger partial charge in [-0.25, -0.2) is 0 Å². The topological polar surface area (TPSA) is 34.4 Å². The van der Waals surface area contributed by atoms with Gasteiger partial charge in [-0.15, -0.1) is 13.2 Å². The summed E-state index contributed by atoms with van der Waals surface area (Å²) in [5.74, 6) is -0.247. The number of benzene rings is 1. The molecular weight excluding hydrogens is 283 g/mol. The van der Waals surface area contributed by atoms with Gasteiger partial charge in [0.05, 0.1) is 11.8 Å². The number of hydrogen-bond donors (Lipinski definition) is 1. The third-order valence-corrected chi connectivity index (χ3v) is 3.63. The van der Waals surface area contributed by atoms with Gasteiger partial charge in [-0.05, 0) is 37.5 Å². The van der Waals surface area contributed by atoms with Gasteiger partial charge in [-0.3, -0.25) is 0 Å². The molecule has 0 saturated carbocycles. The Bertz CT molecular complexity index is 649. The monoisotopic (exact) mass is 297 g/mol. The summed E-state index contributed by atoms with van der Waals surface area (Å²) in [5.41, 5.74) is 1.94. The van der Waals surface area contributed by atoms with Crippen LogP contribution < -0.4 is 4.74 Å². The molecule has 6 heteroatoms. The number of halogens is 3. The molecular formula is C15H14F3NO2. The summed E-state index contributed by atoms with van der Waals surface area (Å²) in [6.45, 7) is 0. The fraction of sp³-hybridized carbons (Fsp3) is 0.333. The van der Waals surface area contributed by atoms with Gasteiger partial charge in [-0.1, -0.05) is 12.1 Å². The quantitative estimate of drug-likeness (QED) is 0.916. The molecule has 0 saturated heterocycles. The molecule has 1 aliphatic rings. The summed E-state index contributed by atoms with van der Waals surface area (Å²) in [7, 11) is 0. The van der Waals surface area contributed by atoms with Crippen molar-refractivity contribution in [3.8, 4) is 11.4 Å². The molecule has 0 radical (unpaired) electrons. The van der Waals surface area contributed by atoms with Gasteiger partial charge in [0, 0.05) is 17.5 Å². The van der Waals surface area contributed by atoms with Crippen LogP contribution in [-0.2, 0) is 6.42 Å². The average molecular weight is 297 g/mol. The van der Waals surface area contributed by atoms with Crippen LogP contribution in [0.5, 0.6) is 5.75 Å². The number of alkyl halides is 3. The molecule has 0 fully saturated rings. The Morgan fingerprint density at radius 2 is 1.95 bits per heavy atom. The van der Waals surface area contributed by atoms with Gasteiger partial charge in [0.1, 0.15) is 0 Å². The van der Waals surface area contributed by atoms with Crippen LogP contribution in [-0.4, -0.2) is 16.0 Å². The normalized spacial score (nSPS) is 18.4. The number of rotatable bonds is 2. The van der Waals surface area contributed by atoms with E-state index in [0.29, 0.717) is 12.1 Å². The van der Waals surface area contributed by atoms with E-state index in [2.05, 4.69) is 4.74 Å². The molecule has 0 aliphatic heterocycles. The lowest BCUT2D eigenvalue weighted by molar-refractivity contribution is -0.274. The highest BCUT2D eigenvalue weighted by atomic mass is 19.4. The van der Waals surface area contributed by atoms with Crippen LogP contribution >= 0.6 is 0 Å². The summed E-state index contributed by atoms with van der Waals surface area (Å²) >= 11 is 0. The molecule has 0 bridgehead atoms. The SMILES string of the molecule is OC1CCCc2c1ccn2-c1ccccc1OC(F)(F)F. The first-order valence-electron chi connectivity index (χ1n) is 6.69. The van der Waals surface area contributed by atoms with E-state index in [-0.39, 0.29) is 5.75 Å². The summed E-state index contributed by atoms with van der Waals surface area (Å²) < 4.78 is 43.2. The van der Waals surface area contributed by atoms with Crippen molar-refractivity contribution < 1.29 is 23.0 Å². The first-order chi connectivity index (χ1) is 9.96. The standard InChI is InChI=1S/C15H14F3NO2/c16-15(17,18)21-14-7-2-1-4-12(14)19-9-8-10-11(19)5-3-6-13(10)20/h1-2,4,7-9,13,20H,3,5-6H2. The summed E-state index contributed by atoms with van der Waals surface area (Å²) in [6, 6.07) is 7.76. The van der Waals surface area contributed by atoms with Crippen molar-refractivity contribution in [3.63, 3.8) is 0 Å². The Morgan fingerprint density at radius 1 is 1.19 bits per heavy atom. The highest BCUT2D eigenvalue weighted by Gasteiger charge is 2.32. The molecule has 2 aromatic rings. The van der Waals surface area contributed by atoms with Crippen molar-refractivity contribution in [2.24, 2.45) is 0 Å². The van der Waals surface area contributed by atoms with Crippen LogP contribution in [0.15, 0.2) is 36.5 Å². The van der Waals surface area contributed by atoms with E-state index < -0.39 is 12.5 Å². The second kappa shape index (κ2) is 5.11. The molecule has 0 spiro atoms. The lowest BCUT2D eigenvalue weighted by Gasteiger charge is -2.21. The molecule has 1 aromatic carbocycles. The third-order valence-electron chi connectivity index (χ3n) is 3.63. The number of aliphatic hydroxyl groups excluding tert-OH is 1. The lowest BCUT2D eigenvalue weighted by atomic mass is 9.95. The fourth-order valence-electron chi connectivity index (χ4n) is 2.76. The second-order valence-corrected chi connectivity index (χ2v) is 5.01.